The van der Waals surface area contributed by atoms with E-state index in [1.54, 1.807) is 12.1 Å². The number of benzene rings is 2. The molecule has 1 fully saturated rings. The monoisotopic (exact) mass is 497 g/mol. The molecular weight excluding hydrogens is 458 g/mol. The van der Waals surface area contributed by atoms with E-state index in [-0.39, 0.29) is 11.9 Å². The predicted octanol–water partition coefficient (Wildman–Crippen LogP) is 3.68. The van der Waals surface area contributed by atoms with Gasteiger partial charge in [-0.25, -0.2) is 0 Å². The normalized spacial score (nSPS) is 16.4. The lowest BCUT2D eigenvalue weighted by Crippen LogP contribution is -2.43. The summed E-state index contributed by atoms with van der Waals surface area (Å²) in [6.45, 7) is 11.7. The number of morpholine rings is 1. The third kappa shape index (κ3) is 5.87. The minimum Gasteiger partial charge on any atom is -0.490 e. The van der Waals surface area contributed by atoms with Gasteiger partial charge in [0.05, 0.1) is 39.1 Å². The smallest absolute Gasteiger partial charge is 0.251 e. The Bertz CT molecular complexity index is 1010. The van der Waals surface area contributed by atoms with E-state index in [0.717, 1.165) is 26.1 Å². The maximum absolute atomic E-state index is 13.4. The van der Waals surface area contributed by atoms with Crippen LogP contribution in [0.3, 0.4) is 0 Å². The van der Waals surface area contributed by atoms with Gasteiger partial charge in [0.2, 0.25) is 5.75 Å². The van der Waals surface area contributed by atoms with Crippen molar-refractivity contribution in [1.29, 1.82) is 0 Å². The Morgan fingerprint density at radius 2 is 1.64 bits per heavy atom. The van der Waals surface area contributed by atoms with Gasteiger partial charge in [-0.2, -0.15) is 0 Å². The fourth-order valence-electron chi connectivity index (χ4n) is 4.95. The largest absolute Gasteiger partial charge is 0.490 e. The number of likely N-dealkylation sites (N-methyl/N-ethyl adjacent to an activating group) is 1. The summed E-state index contributed by atoms with van der Waals surface area (Å²) in [5.74, 6) is 1.40. The molecule has 1 atom stereocenters. The highest BCUT2D eigenvalue weighted by Crippen LogP contribution is 2.39. The average molecular weight is 498 g/mol. The van der Waals surface area contributed by atoms with Gasteiger partial charge in [-0.15, -0.1) is 0 Å². The predicted molar refractivity (Wildman–Crippen MR) is 141 cm³/mol. The Kier molecular flexibility index (Phi) is 8.93. The van der Waals surface area contributed by atoms with E-state index in [1.165, 1.54) is 16.8 Å². The summed E-state index contributed by atoms with van der Waals surface area (Å²) in [4.78, 5) is 18.1. The summed E-state index contributed by atoms with van der Waals surface area (Å²) in [5, 5.41) is 3.18. The van der Waals surface area contributed by atoms with Crippen molar-refractivity contribution in [2.75, 3.05) is 71.2 Å². The van der Waals surface area contributed by atoms with Crippen molar-refractivity contribution >= 4 is 11.6 Å². The van der Waals surface area contributed by atoms with Crippen LogP contribution in [0.2, 0.25) is 0 Å². The molecule has 2 heterocycles. The summed E-state index contributed by atoms with van der Waals surface area (Å²) >= 11 is 0. The molecule has 1 amide bonds. The van der Waals surface area contributed by atoms with Gasteiger partial charge in [0, 0.05) is 44.5 Å². The minimum atomic E-state index is -0.167. The third-order valence-electron chi connectivity index (χ3n) is 6.73. The standard InChI is InChI=1S/C28H39N3O5/c1-5-34-25-17-22(18-26(35-6-2)27(25)36-7-3)28(32)29-19-24(31-12-14-33-15-13-31)20-8-9-23-21(16-20)10-11-30(23)4/h8-9,16-18,24H,5-7,10-15,19H2,1-4H3,(H,29,32)/t24-/m1/s1. The number of carbonyl (C=O) groups excluding carboxylic acids is 1. The van der Waals surface area contributed by atoms with E-state index in [0.29, 0.717) is 62.4 Å². The second kappa shape index (κ2) is 12.3. The molecule has 196 valence electrons. The maximum atomic E-state index is 13.4. The van der Waals surface area contributed by atoms with Gasteiger partial charge in [-0.3, -0.25) is 9.69 Å². The zero-order valence-electron chi connectivity index (χ0n) is 22.0. The first kappa shape index (κ1) is 26.1. The van der Waals surface area contributed by atoms with Crippen LogP contribution in [0, 0.1) is 0 Å². The molecule has 8 heteroatoms. The molecule has 0 bridgehead atoms. The van der Waals surface area contributed by atoms with Crippen LogP contribution in [-0.4, -0.2) is 77.1 Å². The van der Waals surface area contributed by atoms with E-state index >= 15 is 0 Å². The van der Waals surface area contributed by atoms with Crippen molar-refractivity contribution in [2.45, 2.75) is 33.2 Å². The number of fused-ring (bicyclic) bond motifs is 1. The van der Waals surface area contributed by atoms with Crippen LogP contribution >= 0.6 is 0 Å². The van der Waals surface area contributed by atoms with Crippen LogP contribution in [0.1, 0.15) is 48.3 Å². The highest BCUT2D eigenvalue weighted by molar-refractivity contribution is 5.95. The Balaban J connectivity index is 1.57. The SMILES string of the molecule is CCOc1cc(C(=O)NC[C@H](c2ccc3c(c2)CCN3C)N2CCOCC2)cc(OCC)c1OCC. The van der Waals surface area contributed by atoms with Crippen LogP contribution in [0.25, 0.3) is 0 Å². The molecule has 2 aliphatic heterocycles. The number of rotatable bonds is 11. The lowest BCUT2D eigenvalue weighted by atomic mass is 10.00. The number of nitrogens with one attached hydrogen (secondary N) is 1. The molecule has 1 N–H and O–H groups in total. The zero-order valence-corrected chi connectivity index (χ0v) is 22.0. The summed E-state index contributed by atoms with van der Waals surface area (Å²) in [7, 11) is 2.13. The Morgan fingerprint density at radius 1 is 0.972 bits per heavy atom. The number of amides is 1. The van der Waals surface area contributed by atoms with Crippen LogP contribution in [0.15, 0.2) is 30.3 Å². The van der Waals surface area contributed by atoms with E-state index < -0.39 is 0 Å². The second-order valence-electron chi connectivity index (χ2n) is 9.03. The van der Waals surface area contributed by atoms with Crippen LogP contribution in [0.4, 0.5) is 5.69 Å². The third-order valence-corrected chi connectivity index (χ3v) is 6.73. The Morgan fingerprint density at radius 3 is 2.28 bits per heavy atom. The van der Waals surface area contributed by atoms with E-state index in [1.807, 2.05) is 20.8 Å². The molecule has 36 heavy (non-hydrogen) atoms. The maximum Gasteiger partial charge on any atom is 0.251 e. The number of nitrogens with zero attached hydrogens (tertiary/aromatic N) is 2. The van der Waals surface area contributed by atoms with Crippen molar-refractivity contribution in [3.63, 3.8) is 0 Å². The number of hydrogen-bond donors (Lipinski definition) is 1. The van der Waals surface area contributed by atoms with Gasteiger partial charge < -0.3 is 29.2 Å². The molecule has 0 spiro atoms. The Labute approximate surface area is 214 Å². The second-order valence-corrected chi connectivity index (χ2v) is 9.03. The fraction of sp³-hybridized carbons (Fsp3) is 0.536. The van der Waals surface area contributed by atoms with Crippen LogP contribution in [-0.2, 0) is 11.2 Å². The summed E-state index contributed by atoms with van der Waals surface area (Å²) < 4.78 is 23.0. The van der Waals surface area contributed by atoms with Gasteiger partial charge in [0.1, 0.15) is 0 Å². The molecule has 0 saturated carbocycles. The average Bonchev–Trinajstić information content (AvgIpc) is 3.26. The first-order valence-electron chi connectivity index (χ1n) is 13.1. The molecule has 1 saturated heterocycles. The lowest BCUT2D eigenvalue weighted by Gasteiger charge is -2.35. The first-order valence-corrected chi connectivity index (χ1v) is 13.1. The van der Waals surface area contributed by atoms with Gasteiger partial charge in [-0.1, -0.05) is 12.1 Å². The molecule has 8 nitrogen and oxygen atoms in total. The molecule has 0 radical (unpaired) electrons. The van der Waals surface area contributed by atoms with E-state index in [9.17, 15) is 4.79 Å². The number of ether oxygens (including phenoxy) is 4. The molecule has 2 aliphatic rings. The highest BCUT2D eigenvalue weighted by atomic mass is 16.5. The molecule has 0 aromatic heterocycles. The molecular formula is C28H39N3O5. The number of anilines is 1. The van der Waals surface area contributed by atoms with Crippen molar-refractivity contribution in [3.05, 3.63) is 47.0 Å². The van der Waals surface area contributed by atoms with Crippen molar-refractivity contribution in [3.8, 4) is 17.2 Å². The van der Waals surface area contributed by atoms with E-state index in [2.05, 4.69) is 40.4 Å². The summed E-state index contributed by atoms with van der Waals surface area (Å²) in [6.07, 6.45) is 1.05. The molecule has 0 unspecified atom stereocenters. The lowest BCUT2D eigenvalue weighted by molar-refractivity contribution is 0.0162. The van der Waals surface area contributed by atoms with Gasteiger partial charge in [-0.05, 0) is 56.5 Å². The zero-order chi connectivity index (χ0) is 25.5. The van der Waals surface area contributed by atoms with Crippen molar-refractivity contribution < 1.29 is 23.7 Å². The van der Waals surface area contributed by atoms with Crippen molar-refractivity contribution in [2.24, 2.45) is 0 Å². The van der Waals surface area contributed by atoms with Crippen LogP contribution < -0.4 is 24.4 Å². The minimum absolute atomic E-state index is 0.0643. The van der Waals surface area contributed by atoms with Crippen molar-refractivity contribution in [1.82, 2.24) is 10.2 Å². The number of hydrogen-bond acceptors (Lipinski definition) is 7. The van der Waals surface area contributed by atoms with E-state index in [4.69, 9.17) is 18.9 Å². The van der Waals surface area contributed by atoms with Crippen LogP contribution in [0.5, 0.6) is 17.2 Å². The summed E-state index contributed by atoms with van der Waals surface area (Å²) in [5.41, 5.74) is 4.38. The molecule has 4 rings (SSSR count). The molecule has 2 aromatic rings. The van der Waals surface area contributed by atoms with Gasteiger partial charge in [0.25, 0.3) is 5.91 Å². The molecule has 0 aliphatic carbocycles. The summed E-state index contributed by atoms with van der Waals surface area (Å²) in [6, 6.07) is 10.3. The van der Waals surface area contributed by atoms with Gasteiger partial charge >= 0.3 is 0 Å². The highest BCUT2D eigenvalue weighted by Gasteiger charge is 2.26. The molecule has 2 aromatic carbocycles. The topological polar surface area (TPSA) is 72.5 Å². The fourth-order valence-corrected chi connectivity index (χ4v) is 4.95. The first-order chi connectivity index (χ1) is 17.5. The Hall–Kier alpha value is -2.97. The van der Waals surface area contributed by atoms with Gasteiger partial charge in [0.15, 0.2) is 11.5 Å². The number of carbonyl (C=O) groups is 1. The quantitative estimate of drug-likeness (QED) is 0.508.